The van der Waals surface area contributed by atoms with Crippen molar-refractivity contribution in [1.82, 2.24) is 9.78 Å². The van der Waals surface area contributed by atoms with Crippen LogP contribution in [0.2, 0.25) is 5.02 Å². The number of benzene rings is 1. The van der Waals surface area contributed by atoms with Gasteiger partial charge in [-0.05, 0) is 18.2 Å². The van der Waals surface area contributed by atoms with Crippen LogP contribution in [0.15, 0.2) is 30.6 Å². The molecule has 5 heteroatoms. The Morgan fingerprint density at radius 1 is 1.47 bits per heavy atom. The molecule has 0 saturated heterocycles. The number of nitrogens with zero attached hydrogens (tertiary/aromatic N) is 3. The van der Waals surface area contributed by atoms with Gasteiger partial charge in [0.25, 0.3) is 0 Å². The molecule has 0 aliphatic heterocycles. The summed E-state index contributed by atoms with van der Waals surface area (Å²) in [5, 5.41) is 4.82. The summed E-state index contributed by atoms with van der Waals surface area (Å²) < 4.78 is 1.78. The molecule has 90 valence electrons. The van der Waals surface area contributed by atoms with Crippen LogP contribution in [-0.4, -0.2) is 16.8 Å². The van der Waals surface area contributed by atoms with Crippen molar-refractivity contribution in [3.8, 4) is 0 Å². The van der Waals surface area contributed by atoms with Gasteiger partial charge in [-0.3, -0.25) is 4.68 Å². The average molecular weight is 251 g/mol. The Hall–Kier alpha value is -1.68. The first kappa shape index (κ1) is 11.8. The third-order valence-electron chi connectivity index (χ3n) is 2.58. The highest BCUT2D eigenvalue weighted by Gasteiger charge is 2.07. The Kier molecular flexibility index (Phi) is 3.24. The molecule has 17 heavy (non-hydrogen) atoms. The summed E-state index contributed by atoms with van der Waals surface area (Å²) in [4.78, 5) is 2.05. The van der Waals surface area contributed by atoms with E-state index in [0.29, 0.717) is 5.02 Å². The smallest absolute Gasteiger partial charge is 0.0615 e. The largest absolute Gasteiger partial charge is 0.397 e. The van der Waals surface area contributed by atoms with Crippen LogP contribution in [0.5, 0.6) is 0 Å². The van der Waals surface area contributed by atoms with Gasteiger partial charge in [0.05, 0.1) is 17.6 Å². The van der Waals surface area contributed by atoms with E-state index in [2.05, 4.69) is 10.00 Å². The van der Waals surface area contributed by atoms with Crippen LogP contribution in [0.3, 0.4) is 0 Å². The van der Waals surface area contributed by atoms with Crippen molar-refractivity contribution >= 4 is 23.0 Å². The standard InChI is InChI=1S/C12H15ClN4/c1-16(7-9-6-15-17(2)8-9)12-5-10(13)3-4-11(12)14/h3-6,8H,7,14H2,1-2H3. The maximum atomic E-state index is 5.97. The van der Waals surface area contributed by atoms with E-state index in [1.54, 1.807) is 10.7 Å². The van der Waals surface area contributed by atoms with Crippen molar-refractivity contribution in [3.05, 3.63) is 41.2 Å². The van der Waals surface area contributed by atoms with Gasteiger partial charge in [0.2, 0.25) is 0 Å². The minimum atomic E-state index is 0.687. The highest BCUT2D eigenvalue weighted by molar-refractivity contribution is 6.31. The molecule has 1 aromatic heterocycles. The van der Waals surface area contributed by atoms with Crippen molar-refractivity contribution in [2.45, 2.75) is 6.54 Å². The van der Waals surface area contributed by atoms with E-state index in [-0.39, 0.29) is 0 Å². The average Bonchev–Trinajstić information content (AvgIpc) is 2.67. The molecular formula is C12H15ClN4. The number of rotatable bonds is 3. The minimum Gasteiger partial charge on any atom is -0.397 e. The van der Waals surface area contributed by atoms with Crippen LogP contribution in [0, 0.1) is 0 Å². The Labute approximate surface area is 106 Å². The first-order chi connectivity index (χ1) is 8.06. The van der Waals surface area contributed by atoms with Crippen molar-refractivity contribution in [1.29, 1.82) is 0 Å². The Balaban J connectivity index is 2.19. The molecule has 1 aromatic carbocycles. The summed E-state index contributed by atoms with van der Waals surface area (Å²) >= 11 is 5.97. The van der Waals surface area contributed by atoms with Crippen molar-refractivity contribution < 1.29 is 0 Å². The van der Waals surface area contributed by atoms with Gasteiger partial charge in [-0.15, -0.1) is 0 Å². The van der Waals surface area contributed by atoms with Crippen LogP contribution in [-0.2, 0) is 13.6 Å². The Morgan fingerprint density at radius 3 is 2.88 bits per heavy atom. The SMILES string of the molecule is CN(Cc1cnn(C)c1)c1cc(Cl)ccc1N. The van der Waals surface area contributed by atoms with Gasteiger partial charge < -0.3 is 10.6 Å². The molecule has 0 bridgehead atoms. The number of aryl methyl sites for hydroxylation is 1. The summed E-state index contributed by atoms with van der Waals surface area (Å²) in [5.41, 5.74) is 8.72. The zero-order valence-electron chi connectivity index (χ0n) is 9.89. The predicted octanol–water partition coefficient (Wildman–Crippen LogP) is 2.29. The molecule has 2 N–H and O–H groups in total. The van der Waals surface area contributed by atoms with E-state index >= 15 is 0 Å². The van der Waals surface area contributed by atoms with Gasteiger partial charge in [0.15, 0.2) is 0 Å². The molecule has 0 amide bonds. The lowest BCUT2D eigenvalue weighted by Gasteiger charge is -2.20. The predicted molar refractivity (Wildman–Crippen MR) is 71.2 cm³/mol. The van der Waals surface area contributed by atoms with E-state index in [0.717, 1.165) is 23.5 Å². The van der Waals surface area contributed by atoms with Crippen LogP contribution in [0.25, 0.3) is 0 Å². The maximum Gasteiger partial charge on any atom is 0.0615 e. The first-order valence-corrected chi connectivity index (χ1v) is 5.68. The number of hydrogen-bond donors (Lipinski definition) is 1. The fourth-order valence-corrected chi connectivity index (χ4v) is 1.93. The summed E-state index contributed by atoms with van der Waals surface area (Å²) in [6.07, 6.45) is 3.83. The third kappa shape index (κ3) is 2.71. The second kappa shape index (κ2) is 4.67. The van der Waals surface area contributed by atoms with E-state index in [4.69, 9.17) is 17.3 Å². The monoisotopic (exact) mass is 250 g/mol. The number of nitrogen functional groups attached to an aromatic ring is 1. The first-order valence-electron chi connectivity index (χ1n) is 5.30. The van der Waals surface area contributed by atoms with E-state index in [1.807, 2.05) is 38.6 Å². The molecule has 0 atom stereocenters. The van der Waals surface area contributed by atoms with Crippen molar-refractivity contribution in [3.63, 3.8) is 0 Å². The topological polar surface area (TPSA) is 47.1 Å². The van der Waals surface area contributed by atoms with Gasteiger partial charge in [0, 0.05) is 37.4 Å². The minimum absolute atomic E-state index is 0.687. The van der Waals surface area contributed by atoms with Crippen LogP contribution in [0.4, 0.5) is 11.4 Å². The highest BCUT2D eigenvalue weighted by Crippen LogP contribution is 2.26. The lowest BCUT2D eigenvalue weighted by atomic mass is 10.2. The van der Waals surface area contributed by atoms with Crippen LogP contribution in [0.1, 0.15) is 5.56 Å². The number of anilines is 2. The summed E-state index contributed by atoms with van der Waals surface area (Å²) in [7, 11) is 3.88. The number of halogens is 1. The lowest BCUT2D eigenvalue weighted by molar-refractivity contribution is 0.766. The molecule has 2 aromatic rings. The number of nitrogens with two attached hydrogens (primary N) is 1. The molecule has 4 nitrogen and oxygen atoms in total. The van der Waals surface area contributed by atoms with E-state index in [9.17, 15) is 0 Å². The molecule has 1 heterocycles. The molecule has 0 unspecified atom stereocenters. The van der Waals surface area contributed by atoms with E-state index < -0.39 is 0 Å². The molecule has 0 spiro atoms. The number of hydrogen-bond acceptors (Lipinski definition) is 3. The van der Waals surface area contributed by atoms with Gasteiger partial charge >= 0.3 is 0 Å². The van der Waals surface area contributed by atoms with Gasteiger partial charge in [-0.1, -0.05) is 11.6 Å². The molecule has 0 fully saturated rings. The molecule has 0 aliphatic carbocycles. The molecule has 0 radical (unpaired) electrons. The Morgan fingerprint density at radius 2 is 2.24 bits per heavy atom. The second-order valence-electron chi connectivity index (χ2n) is 4.08. The number of aromatic nitrogens is 2. The normalized spacial score (nSPS) is 10.5. The zero-order chi connectivity index (χ0) is 12.4. The van der Waals surface area contributed by atoms with Gasteiger partial charge in [-0.25, -0.2) is 0 Å². The molecular weight excluding hydrogens is 236 g/mol. The Bertz CT molecular complexity index is 521. The zero-order valence-corrected chi connectivity index (χ0v) is 10.6. The summed E-state index contributed by atoms with van der Waals surface area (Å²) in [6.45, 7) is 0.748. The van der Waals surface area contributed by atoms with Crippen LogP contribution < -0.4 is 10.6 Å². The van der Waals surface area contributed by atoms with E-state index in [1.165, 1.54) is 0 Å². The van der Waals surface area contributed by atoms with Gasteiger partial charge in [-0.2, -0.15) is 5.10 Å². The quantitative estimate of drug-likeness (QED) is 0.851. The van der Waals surface area contributed by atoms with Crippen molar-refractivity contribution in [2.75, 3.05) is 17.7 Å². The maximum absolute atomic E-state index is 5.97. The molecule has 0 aliphatic rings. The molecule has 0 saturated carbocycles. The molecule has 2 rings (SSSR count). The van der Waals surface area contributed by atoms with Crippen LogP contribution >= 0.6 is 11.6 Å². The third-order valence-corrected chi connectivity index (χ3v) is 2.82. The second-order valence-corrected chi connectivity index (χ2v) is 4.52. The van der Waals surface area contributed by atoms with Gasteiger partial charge in [0.1, 0.15) is 0 Å². The highest BCUT2D eigenvalue weighted by atomic mass is 35.5. The fourth-order valence-electron chi connectivity index (χ4n) is 1.76. The fraction of sp³-hybridized carbons (Fsp3) is 0.250. The lowest BCUT2D eigenvalue weighted by Crippen LogP contribution is -2.17. The summed E-state index contributed by atoms with van der Waals surface area (Å²) in [5.74, 6) is 0. The van der Waals surface area contributed by atoms with Crippen molar-refractivity contribution in [2.24, 2.45) is 7.05 Å². The summed E-state index contributed by atoms with van der Waals surface area (Å²) in [6, 6.07) is 5.48.